The number of primary sulfonamides is 1. The topological polar surface area (TPSA) is 148 Å². The largest absolute Gasteiger partial charge is 0.377 e. The van der Waals surface area contributed by atoms with E-state index in [-0.39, 0.29) is 29.3 Å². The van der Waals surface area contributed by atoms with E-state index in [2.05, 4.69) is 5.32 Å². The van der Waals surface area contributed by atoms with Gasteiger partial charge in [-0.2, -0.15) is 0 Å². The molecule has 2 amide bonds. The lowest BCUT2D eigenvalue weighted by molar-refractivity contribution is -0.384. The van der Waals surface area contributed by atoms with E-state index in [1.807, 2.05) is 6.92 Å². The van der Waals surface area contributed by atoms with Crippen LogP contribution in [0.2, 0.25) is 0 Å². The van der Waals surface area contributed by atoms with Crippen molar-refractivity contribution in [3.8, 4) is 0 Å². The lowest BCUT2D eigenvalue weighted by Gasteiger charge is -2.35. The standard InChI is InChI=1S/C15H23N5O6S/c1-3-18(2)15(21)19-6-7-26-11(10-19)9-17-13-5-4-12(27(16,24)25)8-14(13)20(22)23/h4-5,8,11,17H,3,6-7,9-10H2,1-2H3,(H2,16,24,25)/t11-/m1/s1. The molecule has 0 radical (unpaired) electrons. The molecule has 0 bridgehead atoms. The summed E-state index contributed by atoms with van der Waals surface area (Å²) in [4.78, 5) is 25.7. The number of sulfonamides is 1. The summed E-state index contributed by atoms with van der Waals surface area (Å²) in [5, 5.41) is 19.1. The third-order valence-corrected chi connectivity index (χ3v) is 5.14. The molecule has 1 aromatic rings. The summed E-state index contributed by atoms with van der Waals surface area (Å²) < 4.78 is 28.4. The number of morpholine rings is 1. The molecule has 1 aromatic carbocycles. The molecule has 11 nitrogen and oxygen atoms in total. The van der Waals surface area contributed by atoms with Gasteiger partial charge >= 0.3 is 6.03 Å². The molecule has 1 aliphatic rings. The SMILES string of the molecule is CCN(C)C(=O)N1CCO[C@H](CNc2ccc(S(N)(=O)=O)cc2[N+](=O)[O-])C1. The quantitative estimate of drug-likeness (QED) is 0.518. The van der Waals surface area contributed by atoms with Gasteiger partial charge in [-0.15, -0.1) is 0 Å². The Bertz CT molecular complexity index is 815. The molecule has 12 heteroatoms. The smallest absolute Gasteiger partial charge is 0.319 e. The van der Waals surface area contributed by atoms with Gasteiger partial charge in [-0.1, -0.05) is 0 Å². The van der Waals surface area contributed by atoms with Gasteiger partial charge in [-0.3, -0.25) is 10.1 Å². The fourth-order valence-corrected chi connectivity index (χ4v) is 3.14. The van der Waals surface area contributed by atoms with Gasteiger partial charge in [0, 0.05) is 32.7 Å². The molecule has 1 heterocycles. The summed E-state index contributed by atoms with van der Waals surface area (Å²) in [6.45, 7) is 3.86. The highest BCUT2D eigenvalue weighted by molar-refractivity contribution is 7.89. The molecule has 0 aromatic heterocycles. The Morgan fingerprint density at radius 3 is 2.81 bits per heavy atom. The number of nitrogens with zero attached hydrogens (tertiary/aromatic N) is 3. The van der Waals surface area contributed by atoms with Crippen molar-refractivity contribution in [2.24, 2.45) is 5.14 Å². The van der Waals surface area contributed by atoms with Gasteiger partial charge in [-0.05, 0) is 19.1 Å². The fraction of sp³-hybridized carbons (Fsp3) is 0.533. The molecule has 0 aliphatic carbocycles. The van der Waals surface area contributed by atoms with Gasteiger partial charge in [-0.25, -0.2) is 18.4 Å². The average Bonchev–Trinajstić information content (AvgIpc) is 2.64. The van der Waals surface area contributed by atoms with Crippen molar-refractivity contribution in [1.82, 2.24) is 9.80 Å². The number of urea groups is 1. The molecular weight excluding hydrogens is 378 g/mol. The highest BCUT2D eigenvalue weighted by atomic mass is 32.2. The van der Waals surface area contributed by atoms with Crippen molar-refractivity contribution in [3.05, 3.63) is 28.3 Å². The van der Waals surface area contributed by atoms with E-state index in [4.69, 9.17) is 9.88 Å². The fourth-order valence-electron chi connectivity index (χ4n) is 2.61. The van der Waals surface area contributed by atoms with Crippen molar-refractivity contribution in [1.29, 1.82) is 0 Å². The number of ether oxygens (including phenoxy) is 1. The van der Waals surface area contributed by atoms with Crippen LogP contribution < -0.4 is 10.5 Å². The number of anilines is 1. The van der Waals surface area contributed by atoms with Crippen LogP contribution >= 0.6 is 0 Å². The Labute approximate surface area is 157 Å². The van der Waals surface area contributed by atoms with E-state index in [0.717, 1.165) is 6.07 Å². The Morgan fingerprint density at radius 2 is 2.22 bits per heavy atom. The van der Waals surface area contributed by atoms with Crippen molar-refractivity contribution in [2.75, 3.05) is 45.2 Å². The normalized spacial score (nSPS) is 17.4. The number of nitro groups is 1. The van der Waals surface area contributed by atoms with Crippen LogP contribution in [0.15, 0.2) is 23.1 Å². The Kier molecular flexibility index (Phi) is 6.57. The van der Waals surface area contributed by atoms with Gasteiger partial charge in [0.25, 0.3) is 5.69 Å². The van der Waals surface area contributed by atoms with E-state index in [0.29, 0.717) is 26.2 Å². The van der Waals surface area contributed by atoms with Gasteiger partial charge < -0.3 is 19.9 Å². The molecule has 0 spiro atoms. The van der Waals surface area contributed by atoms with E-state index in [1.54, 1.807) is 16.8 Å². The number of rotatable bonds is 6. The molecule has 3 N–H and O–H groups in total. The monoisotopic (exact) mass is 401 g/mol. The molecule has 1 atom stereocenters. The van der Waals surface area contributed by atoms with Gasteiger partial charge in [0.05, 0.1) is 29.1 Å². The zero-order chi connectivity index (χ0) is 20.2. The number of nitrogens with two attached hydrogens (primary N) is 1. The maximum absolute atomic E-state index is 12.2. The second kappa shape index (κ2) is 8.50. The van der Waals surface area contributed by atoms with Crippen molar-refractivity contribution in [2.45, 2.75) is 17.9 Å². The Hall–Kier alpha value is -2.44. The van der Waals surface area contributed by atoms with Crippen LogP contribution in [-0.2, 0) is 14.8 Å². The summed E-state index contributed by atoms with van der Waals surface area (Å²) in [7, 11) is -2.33. The maximum Gasteiger partial charge on any atom is 0.319 e. The van der Waals surface area contributed by atoms with E-state index in [9.17, 15) is 23.3 Å². The van der Waals surface area contributed by atoms with E-state index < -0.39 is 20.6 Å². The number of carbonyl (C=O) groups is 1. The van der Waals surface area contributed by atoms with Crippen LogP contribution in [0.1, 0.15) is 6.92 Å². The third-order valence-electron chi connectivity index (χ3n) is 4.22. The number of nitro benzene ring substituents is 1. The molecule has 150 valence electrons. The number of hydrogen-bond acceptors (Lipinski definition) is 7. The zero-order valence-corrected chi connectivity index (χ0v) is 15.9. The lowest BCUT2D eigenvalue weighted by Crippen LogP contribution is -2.51. The number of hydrogen-bond donors (Lipinski definition) is 2. The van der Waals surface area contributed by atoms with E-state index >= 15 is 0 Å². The van der Waals surface area contributed by atoms with Gasteiger partial charge in [0.1, 0.15) is 5.69 Å². The minimum absolute atomic E-state index is 0.103. The summed E-state index contributed by atoms with van der Waals surface area (Å²) in [6.07, 6.45) is -0.356. The van der Waals surface area contributed by atoms with Crippen LogP contribution in [-0.4, -0.2) is 75.1 Å². The maximum atomic E-state index is 12.2. The van der Waals surface area contributed by atoms with Gasteiger partial charge in [0.15, 0.2) is 0 Å². The number of nitrogens with one attached hydrogen (secondary N) is 1. The highest BCUT2D eigenvalue weighted by Gasteiger charge is 2.26. The third kappa shape index (κ3) is 5.28. The first kappa shape index (κ1) is 20.9. The van der Waals surface area contributed by atoms with Crippen LogP contribution in [0, 0.1) is 10.1 Å². The molecule has 0 saturated carbocycles. The number of carbonyl (C=O) groups excluding carboxylic acids is 1. The van der Waals surface area contributed by atoms with Crippen LogP contribution in [0.5, 0.6) is 0 Å². The zero-order valence-electron chi connectivity index (χ0n) is 15.1. The molecule has 2 rings (SSSR count). The summed E-state index contributed by atoms with van der Waals surface area (Å²) in [5.41, 5.74) is -0.263. The summed E-state index contributed by atoms with van der Waals surface area (Å²) in [6, 6.07) is 3.28. The van der Waals surface area contributed by atoms with Crippen molar-refractivity contribution in [3.63, 3.8) is 0 Å². The molecule has 1 fully saturated rings. The number of benzene rings is 1. The summed E-state index contributed by atoms with van der Waals surface area (Å²) >= 11 is 0. The lowest BCUT2D eigenvalue weighted by atomic mass is 10.2. The van der Waals surface area contributed by atoms with Crippen LogP contribution in [0.4, 0.5) is 16.2 Å². The molecule has 1 aliphatic heterocycles. The Balaban J connectivity index is 2.07. The highest BCUT2D eigenvalue weighted by Crippen LogP contribution is 2.27. The molecule has 27 heavy (non-hydrogen) atoms. The molecule has 1 saturated heterocycles. The first-order chi connectivity index (χ1) is 12.6. The minimum atomic E-state index is -4.04. The molecule has 0 unspecified atom stereocenters. The van der Waals surface area contributed by atoms with Crippen LogP contribution in [0.3, 0.4) is 0 Å². The van der Waals surface area contributed by atoms with Crippen molar-refractivity contribution >= 4 is 27.4 Å². The van der Waals surface area contributed by atoms with E-state index in [1.165, 1.54) is 12.1 Å². The summed E-state index contributed by atoms with van der Waals surface area (Å²) in [5.74, 6) is 0. The van der Waals surface area contributed by atoms with Crippen LogP contribution in [0.25, 0.3) is 0 Å². The molecular formula is C15H23N5O6S. The first-order valence-electron chi connectivity index (χ1n) is 8.30. The first-order valence-corrected chi connectivity index (χ1v) is 9.85. The average molecular weight is 401 g/mol. The second-order valence-electron chi connectivity index (χ2n) is 6.10. The predicted molar refractivity (Wildman–Crippen MR) is 98.0 cm³/mol. The van der Waals surface area contributed by atoms with Crippen molar-refractivity contribution < 1.29 is 22.9 Å². The Morgan fingerprint density at radius 1 is 1.52 bits per heavy atom. The minimum Gasteiger partial charge on any atom is -0.377 e. The predicted octanol–water partition coefficient (Wildman–Crippen LogP) is 0.427. The number of amides is 2. The van der Waals surface area contributed by atoms with Gasteiger partial charge in [0.2, 0.25) is 10.0 Å². The second-order valence-corrected chi connectivity index (χ2v) is 7.66.